The number of rotatable bonds is 4. The number of ether oxygens (including phenoxy) is 1. The zero-order valence-corrected chi connectivity index (χ0v) is 17.7. The van der Waals surface area contributed by atoms with Gasteiger partial charge in [0.25, 0.3) is 11.9 Å². The molecule has 1 amide bonds. The van der Waals surface area contributed by atoms with Crippen molar-refractivity contribution in [3.05, 3.63) is 57.0 Å². The van der Waals surface area contributed by atoms with Crippen LogP contribution in [0.2, 0.25) is 5.02 Å². The molecule has 1 aromatic heterocycles. The molecule has 0 aliphatic carbocycles. The Hall–Kier alpha value is -2.47. The van der Waals surface area contributed by atoms with E-state index >= 15 is 0 Å². The maximum absolute atomic E-state index is 14.6. The van der Waals surface area contributed by atoms with Gasteiger partial charge in [0.15, 0.2) is 6.10 Å². The molecule has 31 heavy (non-hydrogen) atoms. The van der Waals surface area contributed by atoms with Gasteiger partial charge in [-0.05, 0) is 40.2 Å². The number of benzene rings is 1. The van der Waals surface area contributed by atoms with Gasteiger partial charge in [0, 0.05) is 28.3 Å². The molecule has 3 N–H and O–H groups in total. The summed E-state index contributed by atoms with van der Waals surface area (Å²) in [5, 5.41) is 2.41. The van der Waals surface area contributed by atoms with Crippen LogP contribution in [0.1, 0.15) is 22.5 Å². The number of halogens is 7. The number of nitrogens with two attached hydrogens (primary N) is 1. The van der Waals surface area contributed by atoms with Gasteiger partial charge in [-0.2, -0.15) is 13.2 Å². The normalized spacial score (nSPS) is 21.3. The molecule has 0 fully saturated rings. The molecule has 6 nitrogen and oxygen atoms in total. The zero-order chi connectivity index (χ0) is 23.0. The van der Waals surface area contributed by atoms with Crippen LogP contribution in [0, 0.1) is 5.82 Å². The Labute approximate surface area is 185 Å². The third-order valence-electron chi connectivity index (χ3n) is 4.44. The van der Waals surface area contributed by atoms with E-state index in [-0.39, 0.29) is 16.4 Å². The van der Waals surface area contributed by atoms with Crippen molar-refractivity contribution in [1.82, 2.24) is 4.98 Å². The van der Waals surface area contributed by atoms with Crippen LogP contribution in [-0.4, -0.2) is 35.9 Å². The summed E-state index contributed by atoms with van der Waals surface area (Å²) in [5.74, 6) is -1.80. The van der Waals surface area contributed by atoms with E-state index in [9.17, 15) is 26.7 Å². The van der Waals surface area contributed by atoms with Gasteiger partial charge in [-0.15, -0.1) is 0 Å². The highest BCUT2D eigenvalue weighted by molar-refractivity contribution is 9.10. The second kappa shape index (κ2) is 8.58. The first kappa shape index (κ1) is 23.2. The van der Waals surface area contributed by atoms with E-state index in [1.54, 1.807) is 0 Å². The fraction of sp³-hybridized carbons (Fsp3) is 0.278. The van der Waals surface area contributed by atoms with Crippen LogP contribution in [0.3, 0.4) is 0 Å². The van der Waals surface area contributed by atoms with E-state index < -0.39 is 54.2 Å². The van der Waals surface area contributed by atoms with Gasteiger partial charge in [0.1, 0.15) is 23.7 Å². The Kier molecular flexibility index (Phi) is 6.42. The summed E-state index contributed by atoms with van der Waals surface area (Å²) in [6.07, 6.45) is -7.08. The van der Waals surface area contributed by atoms with Gasteiger partial charge >= 0.3 is 6.18 Å². The number of hydrogen-bond donors (Lipinski definition) is 2. The molecule has 13 heteroatoms. The predicted octanol–water partition coefficient (Wildman–Crippen LogP) is 4.72. The highest BCUT2D eigenvalue weighted by atomic mass is 79.9. The SMILES string of the molecule is NC1=NC(CF)(c2cc(NC(=O)c3ncc(Br)cc3Cl)ccc2F)CC(C(F)(F)F)O1. The number of carbonyl (C=O) groups is 1. The lowest BCUT2D eigenvalue weighted by atomic mass is 9.84. The van der Waals surface area contributed by atoms with E-state index in [0.717, 1.165) is 18.2 Å². The zero-order valence-electron chi connectivity index (χ0n) is 15.3. The molecule has 1 aliphatic heterocycles. The molecule has 2 heterocycles. The van der Waals surface area contributed by atoms with Crippen LogP contribution in [0.5, 0.6) is 0 Å². The number of anilines is 1. The Bertz CT molecular complexity index is 1050. The average Bonchev–Trinajstić information content (AvgIpc) is 2.68. The molecule has 2 atom stereocenters. The number of carbonyl (C=O) groups excluding carboxylic acids is 1. The van der Waals surface area contributed by atoms with Crippen molar-refractivity contribution in [2.75, 3.05) is 12.0 Å². The maximum Gasteiger partial charge on any atom is 0.425 e. The Morgan fingerprint density at radius 3 is 2.71 bits per heavy atom. The smallest absolute Gasteiger partial charge is 0.425 e. The summed E-state index contributed by atoms with van der Waals surface area (Å²) in [6.45, 7) is -1.49. The van der Waals surface area contributed by atoms with Gasteiger partial charge in [0.05, 0.1) is 5.02 Å². The first-order valence-electron chi connectivity index (χ1n) is 8.52. The highest BCUT2D eigenvalue weighted by Gasteiger charge is 2.52. The first-order valence-corrected chi connectivity index (χ1v) is 9.69. The van der Waals surface area contributed by atoms with Crippen molar-refractivity contribution in [3.63, 3.8) is 0 Å². The maximum atomic E-state index is 14.6. The summed E-state index contributed by atoms with van der Waals surface area (Å²) in [6, 6.07) is 3.49. The lowest BCUT2D eigenvalue weighted by Crippen LogP contribution is -2.48. The van der Waals surface area contributed by atoms with Gasteiger partial charge in [-0.3, -0.25) is 4.79 Å². The van der Waals surface area contributed by atoms with E-state index in [0.29, 0.717) is 4.47 Å². The van der Waals surface area contributed by atoms with Gasteiger partial charge < -0.3 is 15.8 Å². The van der Waals surface area contributed by atoms with Crippen molar-refractivity contribution in [1.29, 1.82) is 0 Å². The molecule has 0 bridgehead atoms. The van der Waals surface area contributed by atoms with Gasteiger partial charge in [0.2, 0.25) is 0 Å². The summed E-state index contributed by atoms with van der Waals surface area (Å²) in [4.78, 5) is 20.0. The highest BCUT2D eigenvalue weighted by Crippen LogP contribution is 2.42. The molecule has 0 spiro atoms. The third-order valence-corrected chi connectivity index (χ3v) is 5.17. The summed E-state index contributed by atoms with van der Waals surface area (Å²) < 4.78 is 73.1. The van der Waals surface area contributed by atoms with Crippen LogP contribution in [0.15, 0.2) is 39.9 Å². The van der Waals surface area contributed by atoms with E-state index in [1.807, 2.05) is 0 Å². The van der Waals surface area contributed by atoms with Crippen molar-refractivity contribution >= 4 is 45.1 Å². The minimum Gasteiger partial charge on any atom is -0.452 e. The average molecular weight is 528 g/mol. The van der Waals surface area contributed by atoms with Gasteiger partial charge in [-0.25, -0.2) is 18.8 Å². The van der Waals surface area contributed by atoms with Crippen LogP contribution < -0.4 is 11.1 Å². The largest absolute Gasteiger partial charge is 0.452 e. The molecule has 0 radical (unpaired) electrons. The number of amidine groups is 1. The molecule has 3 rings (SSSR count). The quantitative estimate of drug-likeness (QED) is 0.563. The van der Waals surface area contributed by atoms with E-state index in [2.05, 4.69) is 36.0 Å². The van der Waals surface area contributed by atoms with E-state index in [1.165, 1.54) is 12.3 Å². The Balaban J connectivity index is 1.98. The second-order valence-electron chi connectivity index (χ2n) is 6.60. The van der Waals surface area contributed by atoms with Crippen LogP contribution in [-0.2, 0) is 10.3 Å². The molecule has 1 aromatic carbocycles. The summed E-state index contributed by atoms with van der Waals surface area (Å²) in [5.41, 5.74) is 2.32. The van der Waals surface area contributed by atoms with Crippen LogP contribution in [0.4, 0.5) is 27.6 Å². The summed E-state index contributed by atoms with van der Waals surface area (Å²) >= 11 is 9.12. The molecule has 1 aliphatic rings. The summed E-state index contributed by atoms with van der Waals surface area (Å²) in [7, 11) is 0. The lowest BCUT2D eigenvalue weighted by molar-refractivity contribution is -0.209. The van der Waals surface area contributed by atoms with Gasteiger partial charge in [-0.1, -0.05) is 11.6 Å². The van der Waals surface area contributed by atoms with Crippen molar-refractivity contribution in [2.24, 2.45) is 10.7 Å². The Morgan fingerprint density at radius 2 is 2.10 bits per heavy atom. The third kappa shape index (κ3) is 4.90. The molecular weight excluding hydrogens is 515 g/mol. The number of hydrogen-bond acceptors (Lipinski definition) is 5. The lowest BCUT2D eigenvalue weighted by Gasteiger charge is -2.36. The fourth-order valence-electron chi connectivity index (χ4n) is 3.02. The van der Waals surface area contributed by atoms with Crippen LogP contribution in [0.25, 0.3) is 0 Å². The number of amides is 1. The van der Waals surface area contributed by atoms with E-state index in [4.69, 9.17) is 17.3 Å². The number of nitrogens with zero attached hydrogens (tertiary/aromatic N) is 2. The van der Waals surface area contributed by atoms with Crippen molar-refractivity contribution in [2.45, 2.75) is 24.2 Å². The molecule has 0 saturated carbocycles. The molecule has 2 aromatic rings. The van der Waals surface area contributed by atoms with Crippen molar-refractivity contribution in [3.8, 4) is 0 Å². The number of aromatic nitrogens is 1. The number of alkyl halides is 4. The van der Waals surface area contributed by atoms with Crippen molar-refractivity contribution < 1.29 is 31.5 Å². The topological polar surface area (TPSA) is 89.6 Å². The molecular formula is C18H13BrClF5N4O2. The Morgan fingerprint density at radius 1 is 1.39 bits per heavy atom. The van der Waals surface area contributed by atoms with Crippen LogP contribution >= 0.6 is 27.5 Å². The number of nitrogens with one attached hydrogen (secondary N) is 1. The minimum absolute atomic E-state index is 0.0178. The first-order chi connectivity index (χ1) is 14.4. The molecule has 0 saturated heterocycles. The molecule has 2 unspecified atom stereocenters. The monoisotopic (exact) mass is 526 g/mol. The predicted molar refractivity (Wildman–Crippen MR) is 106 cm³/mol. The minimum atomic E-state index is -4.88. The number of aliphatic imine (C=N–C) groups is 1. The number of pyridine rings is 1. The standard InChI is InChI=1S/C18H13BrClF5N4O2/c19-8-3-11(20)14(27-6-8)15(30)28-9-1-2-12(22)10(4-9)17(7-21)5-13(18(23,24)25)31-16(26)29-17/h1-4,6,13H,5,7H2,(H2,26,29)(H,28,30). The second-order valence-corrected chi connectivity index (χ2v) is 7.92. The fourth-order valence-corrected chi connectivity index (χ4v) is 3.73. The molecule has 166 valence electrons.